The van der Waals surface area contributed by atoms with Crippen LogP contribution in [0.2, 0.25) is 0 Å². The van der Waals surface area contributed by atoms with E-state index in [1.165, 1.54) is 12.8 Å². The fourth-order valence-electron chi connectivity index (χ4n) is 4.60. The van der Waals surface area contributed by atoms with E-state index >= 15 is 0 Å². The molecule has 0 bridgehead atoms. The Labute approximate surface area is 171 Å². The van der Waals surface area contributed by atoms with E-state index in [0.717, 1.165) is 37.1 Å². The minimum atomic E-state index is -0.585. The Morgan fingerprint density at radius 1 is 1.17 bits per heavy atom. The van der Waals surface area contributed by atoms with Crippen LogP contribution in [-0.2, 0) is 16.1 Å². The van der Waals surface area contributed by atoms with Crippen LogP contribution in [0.25, 0.3) is 0 Å². The molecule has 7 heteroatoms. The topological polar surface area (TPSA) is 87.7 Å². The van der Waals surface area contributed by atoms with Crippen LogP contribution in [0, 0.1) is 0 Å². The van der Waals surface area contributed by atoms with E-state index in [4.69, 9.17) is 4.74 Å². The number of nitrogens with zero attached hydrogens (tertiary/aromatic N) is 1. The number of fused-ring (bicyclic) bond motifs is 1. The summed E-state index contributed by atoms with van der Waals surface area (Å²) in [5.41, 5.74) is 1.50. The first kappa shape index (κ1) is 19.9. The van der Waals surface area contributed by atoms with Crippen LogP contribution in [0.15, 0.2) is 18.2 Å². The molecule has 1 aliphatic carbocycles. The average Bonchev–Trinajstić information content (AvgIpc) is 3.03. The molecule has 0 radical (unpaired) electrons. The molecule has 2 fully saturated rings. The second-order valence-electron chi connectivity index (χ2n) is 8.22. The molecule has 3 atom stereocenters. The van der Waals surface area contributed by atoms with Crippen LogP contribution in [0.1, 0.15) is 67.8 Å². The van der Waals surface area contributed by atoms with Crippen LogP contribution < -0.4 is 15.4 Å². The van der Waals surface area contributed by atoms with E-state index < -0.39 is 6.04 Å². The van der Waals surface area contributed by atoms with Crippen LogP contribution in [0.5, 0.6) is 5.75 Å². The summed E-state index contributed by atoms with van der Waals surface area (Å²) in [5, 5.41) is 5.94. The van der Waals surface area contributed by atoms with Gasteiger partial charge in [0.25, 0.3) is 5.91 Å². The first-order valence-electron chi connectivity index (χ1n) is 10.7. The SMILES string of the molecule is CCCN[C@@H]1CCCCC1Oc1ccc2c(c1)CN(C1CCC(=O)NC1=O)C2=O. The van der Waals surface area contributed by atoms with Crippen molar-refractivity contribution < 1.29 is 19.1 Å². The largest absolute Gasteiger partial charge is 0.489 e. The van der Waals surface area contributed by atoms with Crippen LogP contribution in [0.4, 0.5) is 0 Å². The first-order valence-corrected chi connectivity index (χ1v) is 10.7. The molecular weight excluding hydrogens is 370 g/mol. The summed E-state index contributed by atoms with van der Waals surface area (Å²) in [4.78, 5) is 38.0. The van der Waals surface area contributed by atoms with Gasteiger partial charge in [-0.3, -0.25) is 19.7 Å². The van der Waals surface area contributed by atoms with Crippen LogP contribution in [0.3, 0.4) is 0 Å². The summed E-state index contributed by atoms with van der Waals surface area (Å²) in [6.45, 7) is 3.53. The highest BCUT2D eigenvalue weighted by Gasteiger charge is 2.39. The van der Waals surface area contributed by atoms with Crippen molar-refractivity contribution in [2.75, 3.05) is 6.54 Å². The zero-order chi connectivity index (χ0) is 20.4. The molecule has 2 aliphatic heterocycles. The molecule has 1 saturated heterocycles. The maximum absolute atomic E-state index is 12.8. The zero-order valence-electron chi connectivity index (χ0n) is 16.9. The number of nitrogens with one attached hydrogen (secondary N) is 2. The van der Waals surface area contributed by atoms with Crippen molar-refractivity contribution in [1.29, 1.82) is 0 Å². The van der Waals surface area contributed by atoms with Crippen molar-refractivity contribution in [3.63, 3.8) is 0 Å². The molecule has 29 heavy (non-hydrogen) atoms. The third-order valence-corrected chi connectivity index (χ3v) is 6.14. The molecule has 7 nitrogen and oxygen atoms in total. The third-order valence-electron chi connectivity index (χ3n) is 6.14. The summed E-state index contributed by atoms with van der Waals surface area (Å²) >= 11 is 0. The van der Waals surface area contributed by atoms with E-state index in [2.05, 4.69) is 17.6 Å². The van der Waals surface area contributed by atoms with Gasteiger partial charge >= 0.3 is 0 Å². The number of benzene rings is 1. The number of imide groups is 1. The predicted molar refractivity (Wildman–Crippen MR) is 107 cm³/mol. The number of ether oxygens (including phenoxy) is 1. The Bertz CT molecular complexity index is 809. The van der Waals surface area contributed by atoms with E-state index in [-0.39, 0.29) is 30.2 Å². The minimum absolute atomic E-state index is 0.136. The molecule has 1 saturated carbocycles. The molecule has 2 N–H and O–H groups in total. The second-order valence-corrected chi connectivity index (χ2v) is 8.22. The van der Waals surface area contributed by atoms with Gasteiger partial charge in [0, 0.05) is 24.6 Å². The van der Waals surface area contributed by atoms with Gasteiger partial charge in [-0.2, -0.15) is 0 Å². The summed E-state index contributed by atoms with van der Waals surface area (Å²) in [7, 11) is 0. The molecule has 4 rings (SSSR count). The molecular formula is C22H29N3O4. The van der Waals surface area contributed by atoms with Crippen molar-refractivity contribution in [1.82, 2.24) is 15.5 Å². The van der Waals surface area contributed by atoms with Gasteiger partial charge in [-0.25, -0.2) is 0 Å². The summed E-state index contributed by atoms with van der Waals surface area (Å²) in [5.74, 6) is -0.0335. The third kappa shape index (κ3) is 4.15. The van der Waals surface area contributed by atoms with Gasteiger partial charge in [0.15, 0.2) is 0 Å². The van der Waals surface area contributed by atoms with Crippen LogP contribution >= 0.6 is 0 Å². The van der Waals surface area contributed by atoms with Gasteiger partial charge in [-0.05, 0) is 62.4 Å². The number of amides is 3. The molecule has 1 aromatic carbocycles. The Morgan fingerprint density at radius 3 is 2.79 bits per heavy atom. The van der Waals surface area contributed by atoms with E-state index in [9.17, 15) is 14.4 Å². The summed E-state index contributed by atoms with van der Waals surface area (Å²) < 4.78 is 6.33. The van der Waals surface area contributed by atoms with Crippen molar-refractivity contribution >= 4 is 17.7 Å². The lowest BCUT2D eigenvalue weighted by Gasteiger charge is -2.32. The quantitative estimate of drug-likeness (QED) is 0.716. The molecule has 156 valence electrons. The highest BCUT2D eigenvalue weighted by molar-refractivity contribution is 6.05. The van der Waals surface area contributed by atoms with Gasteiger partial charge in [0.2, 0.25) is 11.8 Å². The van der Waals surface area contributed by atoms with E-state index in [1.54, 1.807) is 11.0 Å². The van der Waals surface area contributed by atoms with Gasteiger partial charge in [0.1, 0.15) is 17.9 Å². The maximum Gasteiger partial charge on any atom is 0.255 e. The maximum atomic E-state index is 12.8. The summed E-state index contributed by atoms with van der Waals surface area (Å²) in [6.07, 6.45) is 6.41. The molecule has 0 spiro atoms. The molecule has 0 aromatic heterocycles. The standard InChI is InChI=1S/C22H29N3O4/c1-2-11-23-17-5-3-4-6-19(17)29-15-7-8-16-14(12-15)13-25(22(16)28)18-9-10-20(26)24-21(18)27/h7-8,12,17-19,23H,2-6,9-11,13H2,1H3,(H,24,26,27)/t17-,18?,19?/m1/s1. The van der Waals surface area contributed by atoms with Crippen LogP contribution in [-0.4, -0.2) is 47.4 Å². The fourth-order valence-corrected chi connectivity index (χ4v) is 4.60. The van der Waals surface area contributed by atoms with Gasteiger partial charge < -0.3 is 15.0 Å². The molecule has 3 aliphatic rings. The van der Waals surface area contributed by atoms with Crippen molar-refractivity contribution in [2.45, 2.75) is 76.6 Å². The Hall–Kier alpha value is -2.41. The highest BCUT2D eigenvalue weighted by atomic mass is 16.5. The number of piperidine rings is 1. The Balaban J connectivity index is 1.46. The average molecular weight is 399 g/mol. The van der Waals surface area contributed by atoms with Gasteiger partial charge in [0.05, 0.1) is 0 Å². The molecule has 3 amide bonds. The van der Waals surface area contributed by atoms with Gasteiger partial charge in [-0.15, -0.1) is 0 Å². The smallest absolute Gasteiger partial charge is 0.255 e. The van der Waals surface area contributed by atoms with E-state index in [0.29, 0.717) is 24.6 Å². The first-order chi connectivity index (χ1) is 14.1. The van der Waals surface area contributed by atoms with Crippen molar-refractivity contribution in [2.24, 2.45) is 0 Å². The van der Waals surface area contributed by atoms with Crippen molar-refractivity contribution in [3.05, 3.63) is 29.3 Å². The zero-order valence-corrected chi connectivity index (χ0v) is 16.9. The van der Waals surface area contributed by atoms with Gasteiger partial charge in [-0.1, -0.05) is 13.3 Å². The molecule has 2 heterocycles. The number of rotatable bonds is 6. The number of hydrogen-bond acceptors (Lipinski definition) is 5. The lowest BCUT2D eigenvalue weighted by molar-refractivity contribution is -0.136. The molecule has 2 unspecified atom stereocenters. The van der Waals surface area contributed by atoms with Crippen molar-refractivity contribution in [3.8, 4) is 5.75 Å². The second kappa shape index (κ2) is 8.53. The minimum Gasteiger partial charge on any atom is -0.489 e. The number of carbonyl (C=O) groups is 3. The number of hydrogen-bond donors (Lipinski definition) is 2. The number of carbonyl (C=O) groups excluding carboxylic acids is 3. The Morgan fingerprint density at radius 2 is 2.00 bits per heavy atom. The lowest BCUT2D eigenvalue weighted by Crippen LogP contribution is -2.52. The normalized spacial score (nSPS) is 27.0. The monoisotopic (exact) mass is 399 g/mol. The lowest BCUT2D eigenvalue weighted by atomic mass is 9.92. The Kier molecular flexibility index (Phi) is 5.85. The highest BCUT2D eigenvalue weighted by Crippen LogP contribution is 2.31. The predicted octanol–water partition coefficient (Wildman–Crippen LogP) is 2.14. The summed E-state index contributed by atoms with van der Waals surface area (Å²) in [6, 6.07) is 5.37. The van der Waals surface area contributed by atoms with E-state index in [1.807, 2.05) is 12.1 Å². The fraction of sp³-hybridized carbons (Fsp3) is 0.591. The molecule has 1 aromatic rings.